The smallest absolute Gasteiger partial charge is 0.131 e. The Bertz CT molecular complexity index is 734. The van der Waals surface area contributed by atoms with Crippen molar-refractivity contribution < 1.29 is 4.74 Å². The van der Waals surface area contributed by atoms with E-state index in [1.54, 1.807) is 17.1 Å². The molecule has 0 aliphatic carbocycles. The van der Waals surface area contributed by atoms with Gasteiger partial charge in [0.2, 0.25) is 0 Å². The Hall–Kier alpha value is -2.82. The molecule has 3 aromatic rings. The molecule has 106 valence electrons. The molecule has 2 aromatic heterocycles. The van der Waals surface area contributed by atoms with E-state index in [1.807, 2.05) is 56.7 Å². The predicted molar refractivity (Wildman–Crippen MR) is 82.5 cm³/mol. The lowest BCUT2D eigenvalue weighted by Gasteiger charge is -2.07. The van der Waals surface area contributed by atoms with E-state index in [4.69, 9.17) is 4.74 Å². The molecule has 0 aliphatic rings. The fourth-order valence-electron chi connectivity index (χ4n) is 2.01. The third-order valence-corrected chi connectivity index (χ3v) is 3.11. The summed E-state index contributed by atoms with van der Waals surface area (Å²) in [5, 5.41) is 7.23. The van der Waals surface area contributed by atoms with Crippen molar-refractivity contribution in [3.8, 4) is 22.8 Å². The van der Waals surface area contributed by atoms with E-state index in [9.17, 15) is 0 Å². The average molecular weight is 280 g/mol. The van der Waals surface area contributed by atoms with Gasteiger partial charge in [-0.1, -0.05) is 0 Å². The molecule has 21 heavy (non-hydrogen) atoms. The number of aryl methyl sites for hydroxylation is 1. The summed E-state index contributed by atoms with van der Waals surface area (Å²) in [6.45, 7) is 0. The molecule has 0 amide bonds. The van der Waals surface area contributed by atoms with E-state index in [2.05, 4.69) is 15.4 Å². The maximum Gasteiger partial charge on any atom is 0.131 e. The van der Waals surface area contributed by atoms with Gasteiger partial charge in [-0.3, -0.25) is 9.67 Å². The van der Waals surface area contributed by atoms with E-state index in [0.717, 1.165) is 28.4 Å². The molecule has 1 N–H and O–H groups in total. The monoisotopic (exact) mass is 280 g/mol. The first-order chi connectivity index (χ1) is 10.2. The van der Waals surface area contributed by atoms with Crippen molar-refractivity contribution in [2.75, 3.05) is 12.4 Å². The third-order valence-electron chi connectivity index (χ3n) is 3.11. The highest BCUT2D eigenvalue weighted by Gasteiger charge is 2.04. The van der Waals surface area contributed by atoms with Gasteiger partial charge in [0.1, 0.15) is 11.5 Å². The lowest BCUT2D eigenvalue weighted by Crippen LogP contribution is -1.89. The van der Waals surface area contributed by atoms with Crippen molar-refractivity contribution in [2.45, 2.75) is 0 Å². The van der Waals surface area contributed by atoms with Gasteiger partial charge in [0, 0.05) is 43.8 Å². The number of rotatable bonds is 4. The summed E-state index contributed by atoms with van der Waals surface area (Å²) in [7, 11) is 3.77. The molecule has 0 radical (unpaired) electrons. The molecule has 0 unspecified atom stereocenters. The number of ether oxygens (including phenoxy) is 1. The number of nitrogens with zero attached hydrogens (tertiary/aromatic N) is 3. The van der Waals surface area contributed by atoms with Crippen LogP contribution in [0.4, 0.5) is 5.69 Å². The minimum Gasteiger partial charge on any atom is -0.457 e. The Morgan fingerprint density at radius 1 is 1.10 bits per heavy atom. The quantitative estimate of drug-likeness (QED) is 0.796. The van der Waals surface area contributed by atoms with Gasteiger partial charge in [0.15, 0.2) is 0 Å². The van der Waals surface area contributed by atoms with E-state index < -0.39 is 0 Å². The Morgan fingerprint density at radius 2 is 1.90 bits per heavy atom. The van der Waals surface area contributed by atoms with Gasteiger partial charge in [-0.25, -0.2) is 0 Å². The van der Waals surface area contributed by atoms with Crippen molar-refractivity contribution >= 4 is 5.69 Å². The number of nitrogens with one attached hydrogen (secondary N) is 1. The van der Waals surface area contributed by atoms with Crippen LogP contribution in [0.2, 0.25) is 0 Å². The topological polar surface area (TPSA) is 52.0 Å². The number of pyridine rings is 1. The minimum atomic E-state index is 0.751. The normalized spacial score (nSPS) is 10.4. The van der Waals surface area contributed by atoms with Crippen LogP contribution >= 0.6 is 0 Å². The summed E-state index contributed by atoms with van der Waals surface area (Å²) in [6.07, 6.45) is 5.45. The van der Waals surface area contributed by atoms with Crippen LogP contribution in [0.5, 0.6) is 11.5 Å². The molecule has 3 rings (SSSR count). The lowest BCUT2D eigenvalue weighted by atomic mass is 10.2. The second kappa shape index (κ2) is 5.66. The summed E-state index contributed by atoms with van der Waals surface area (Å²) in [5.41, 5.74) is 2.86. The van der Waals surface area contributed by atoms with Gasteiger partial charge >= 0.3 is 0 Å². The largest absolute Gasteiger partial charge is 0.457 e. The lowest BCUT2D eigenvalue weighted by molar-refractivity contribution is 0.482. The van der Waals surface area contributed by atoms with Crippen LogP contribution in [-0.4, -0.2) is 21.8 Å². The Balaban J connectivity index is 1.82. The first kappa shape index (κ1) is 13.2. The van der Waals surface area contributed by atoms with Gasteiger partial charge in [-0.05, 0) is 30.3 Å². The van der Waals surface area contributed by atoms with Gasteiger partial charge in [-0.15, -0.1) is 0 Å². The highest BCUT2D eigenvalue weighted by Crippen LogP contribution is 2.26. The van der Waals surface area contributed by atoms with Crippen LogP contribution in [-0.2, 0) is 7.05 Å². The van der Waals surface area contributed by atoms with Crippen LogP contribution in [0, 0.1) is 0 Å². The molecule has 0 saturated heterocycles. The van der Waals surface area contributed by atoms with E-state index >= 15 is 0 Å². The zero-order valence-corrected chi connectivity index (χ0v) is 11.9. The average Bonchev–Trinajstić information content (AvgIpc) is 2.95. The Labute approximate surface area is 123 Å². The van der Waals surface area contributed by atoms with Crippen molar-refractivity contribution in [3.63, 3.8) is 0 Å². The van der Waals surface area contributed by atoms with Gasteiger partial charge in [-0.2, -0.15) is 5.10 Å². The number of aromatic nitrogens is 3. The summed E-state index contributed by atoms with van der Waals surface area (Å²) < 4.78 is 7.60. The van der Waals surface area contributed by atoms with Crippen LogP contribution in [0.25, 0.3) is 11.3 Å². The highest BCUT2D eigenvalue weighted by molar-refractivity contribution is 5.59. The Kier molecular flexibility index (Phi) is 3.55. The predicted octanol–water partition coefficient (Wildman–Crippen LogP) is 3.32. The maximum atomic E-state index is 5.85. The zero-order valence-electron chi connectivity index (χ0n) is 11.9. The first-order valence-electron chi connectivity index (χ1n) is 6.65. The second-order valence-corrected chi connectivity index (χ2v) is 4.66. The van der Waals surface area contributed by atoms with Gasteiger partial charge < -0.3 is 10.1 Å². The van der Waals surface area contributed by atoms with E-state index in [-0.39, 0.29) is 0 Å². The number of benzene rings is 1. The zero-order chi connectivity index (χ0) is 14.7. The maximum absolute atomic E-state index is 5.85. The molecule has 0 aliphatic heterocycles. The summed E-state index contributed by atoms with van der Waals surface area (Å²) in [6, 6.07) is 11.5. The standard InChI is InChI=1S/C16H16N4O/c1-17-13-3-5-14(6-4-13)21-15-7-8-18-16(9-15)12-10-19-20(2)11-12/h3-11,17H,1-2H3. The van der Waals surface area contributed by atoms with Crippen molar-refractivity contribution in [3.05, 3.63) is 55.0 Å². The fraction of sp³-hybridized carbons (Fsp3) is 0.125. The molecule has 0 bridgehead atoms. The first-order valence-corrected chi connectivity index (χ1v) is 6.65. The molecular formula is C16H16N4O. The molecule has 0 fully saturated rings. The van der Waals surface area contributed by atoms with Gasteiger partial charge in [0.25, 0.3) is 0 Å². The van der Waals surface area contributed by atoms with Crippen LogP contribution < -0.4 is 10.1 Å². The van der Waals surface area contributed by atoms with Crippen molar-refractivity contribution in [2.24, 2.45) is 7.05 Å². The molecule has 1 aromatic carbocycles. The second-order valence-electron chi connectivity index (χ2n) is 4.66. The number of hydrogen-bond acceptors (Lipinski definition) is 4. The summed E-state index contributed by atoms with van der Waals surface area (Å²) in [4.78, 5) is 4.35. The molecular weight excluding hydrogens is 264 g/mol. The van der Waals surface area contributed by atoms with Gasteiger partial charge in [0.05, 0.1) is 11.9 Å². The Morgan fingerprint density at radius 3 is 2.57 bits per heavy atom. The summed E-state index contributed by atoms with van der Waals surface area (Å²) >= 11 is 0. The van der Waals surface area contributed by atoms with Crippen LogP contribution in [0.3, 0.4) is 0 Å². The molecule has 2 heterocycles. The van der Waals surface area contributed by atoms with Crippen LogP contribution in [0.1, 0.15) is 0 Å². The number of hydrogen-bond donors (Lipinski definition) is 1. The van der Waals surface area contributed by atoms with Crippen molar-refractivity contribution in [1.29, 1.82) is 0 Å². The minimum absolute atomic E-state index is 0.751. The molecule has 0 spiro atoms. The fourth-order valence-corrected chi connectivity index (χ4v) is 2.01. The van der Waals surface area contributed by atoms with Crippen molar-refractivity contribution in [1.82, 2.24) is 14.8 Å². The molecule has 5 heteroatoms. The highest BCUT2D eigenvalue weighted by atomic mass is 16.5. The number of anilines is 1. The molecule has 0 atom stereocenters. The van der Waals surface area contributed by atoms with Crippen LogP contribution in [0.15, 0.2) is 55.0 Å². The van der Waals surface area contributed by atoms with E-state index in [1.165, 1.54) is 0 Å². The molecule has 5 nitrogen and oxygen atoms in total. The third kappa shape index (κ3) is 3.02. The summed E-state index contributed by atoms with van der Waals surface area (Å²) in [5.74, 6) is 1.54. The SMILES string of the molecule is CNc1ccc(Oc2ccnc(-c3cnn(C)c3)c2)cc1. The molecule has 0 saturated carbocycles. The van der Waals surface area contributed by atoms with E-state index in [0.29, 0.717) is 0 Å².